The van der Waals surface area contributed by atoms with Crippen LogP contribution in [0.2, 0.25) is 0 Å². The van der Waals surface area contributed by atoms with Gasteiger partial charge in [-0.2, -0.15) is 0 Å². The zero-order chi connectivity index (χ0) is 11.3. The molecule has 1 rings (SSSR count). The van der Waals surface area contributed by atoms with E-state index in [1.165, 1.54) is 0 Å². The lowest BCUT2D eigenvalue weighted by atomic mass is 10.1. The van der Waals surface area contributed by atoms with Crippen LogP contribution in [-0.2, 0) is 6.42 Å². The molecule has 0 N–H and O–H groups in total. The van der Waals surface area contributed by atoms with Gasteiger partial charge in [0.15, 0.2) is 11.5 Å². The highest BCUT2D eigenvalue weighted by Crippen LogP contribution is 2.39. The summed E-state index contributed by atoms with van der Waals surface area (Å²) in [6, 6.07) is 3.93. The van der Waals surface area contributed by atoms with Gasteiger partial charge in [-0.3, -0.25) is 0 Å². The number of hydrogen-bond acceptors (Lipinski definition) is 3. The van der Waals surface area contributed by atoms with Crippen molar-refractivity contribution >= 4 is 11.0 Å². The molecule has 3 nitrogen and oxygen atoms in total. The Kier molecular flexibility index (Phi) is 6.65. The molecule has 1 aromatic rings. The minimum atomic E-state index is 0. The van der Waals surface area contributed by atoms with Gasteiger partial charge in [-0.15, -0.1) is 0 Å². The normalized spacial score (nSPS) is 9.25. The molecule has 0 fully saturated rings. The third-order valence-corrected chi connectivity index (χ3v) is 2.31. The van der Waals surface area contributed by atoms with Crippen molar-refractivity contribution in [3.63, 3.8) is 0 Å². The summed E-state index contributed by atoms with van der Waals surface area (Å²) in [7, 11) is 4.89. The average Bonchev–Trinajstić information content (AvgIpc) is 2.28. The summed E-state index contributed by atoms with van der Waals surface area (Å²) in [5.74, 6) is 2.15. The smallest absolute Gasteiger partial charge is 0.203 e. The highest BCUT2D eigenvalue weighted by Gasteiger charge is 2.14. The maximum absolute atomic E-state index is 5.36. The lowest BCUT2D eigenvalue weighted by molar-refractivity contribution is 0.322. The van der Waals surface area contributed by atoms with Crippen molar-refractivity contribution in [3.05, 3.63) is 17.7 Å². The van der Waals surface area contributed by atoms with Gasteiger partial charge in [-0.05, 0) is 18.1 Å². The highest BCUT2D eigenvalue weighted by atomic mass is 28.1. The number of ether oxygens (including phenoxy) is 3. The Balaban J connectivity index is 0.00000225. The fourth-order valence-corrected chi connectivity index (χ4v) is 1.63. The van der Waals surface area contributed by atoms with E-state index in [0.717, 1.165) is 24.2 Å². The van der Waals surface area contributed by atoms with Crippen LogP contribution in [0.15, 0.2) is 12.1 Å². The van der Waals surface area contributed by atoms with Gasteiger partial charge in [0.1, 0.15) is 0 Å². The minimum Gasteiger partial charge on any atom is -0.493 e. The summed E-state index contributed by atoms with van der Waals surface area (Å²) in [5.41, 5.74) is 1.15. The molecule has 0 aromatic heterocycles. The SMILES string of the molecule is CCCc1ccc(OC)c(OC)c1OC.[Si]. The Morgan fingerprint density at radius 3 is 2.00 bits per heavy atom. The molecule has 0 atom stereocenters. The second kappa shape index (κ2) is 7.17. The monoisotopic (exact) mass is 238 g/mol. The molecule has 0 aliphatic rings. The molecule has 0 saturated carbocycles. The molecule has 1 aromatic carbocycles. The number of methoxy groups -OCH3 is 3. The Morgan fingerprint density at radius 1 is 0.938 bits per heavy atom. The van der Waals surface area contributed by atoms with Crippen molar-refractivity contribution in [3.8, 4) is 17.2 Å². The molecule has 0 amide bonds. The van der Waals surface area contributed by atoms with E-state index in [2.05, 4.69) is 6.92 Å². The van der Waals surface area contributed by atoms with E-state index in [-0.39, 0.29) is 11.0 Å². The van der Waals surface area contributed by atoms with Gasteiger partial charge in [0.05, 0.1) is 21.3 Å². The zero-order valence-corrected chi connectivity index (χ0v) is 11.3. The van der Waals surface area contributed by atoms with E-state index in [1.807, 2.05) is 12.1 Å². The largest absolute Gasteiger partial charge is 0.493 e. The van der Waals surface area contributed by atoms with Crippen LogP contribution in [-0.4, -0.2) is 32.3 Å². The molecule has 0 bridgehead atoms. The average molecular weight is 238 g/mol. The first-order valence-electron chi connectivity index (χ1n) is 5.06. The van der Waals surface area contributed by atoms with Crippen LogP contribution < -0.4 is 14.2 Å². The lowest BCUT2D eigenvalue weighted by Crippen LogP contribution is -1.98. The first-order valence-corrected chi connectivity index (χ1v) is 5.06. The Hall–Kier alpha value is -1.16. The summed E-state index contributed by atoms with van der Waals surface area (Å²) < 4.78 is 15.9. The summed E-state index contributed by atoms with van der Waals surface area (Å²) in [4.78, 5) is 0. The van der Waals surface area contributed by atoms with Crippen LogP contribution in [0.1, 0.15) is 18.9 Å². The molecule has 0 spiro atoms. The van der Waals surface area contributed by atoms with Crippen LogP contribution in [0.25, 0.3) is 0 Å². The van der Waals surface area contributed by atoms with Crippen molar-refractivity contribution in [1.29, 1.82) is 0 Å². The maximum atomic E-state index is 5.36. The lowest BCUT2D eigenvalue weighted by Gasteiger charge is -2.15. The van der Waals surface area contributed by atoms with Crippen molar-refractivity contribution < 1.29 is 14.2 Å². The van der Waals surface area contributed by atoms with Crippen molar-refractivity contribution in [2.24, 2.45) is 0 Å². The number of benzene rings is 1. The first-order chi connectivity index (χ1) is 7.28. The molecular formula is C12H18O3Si. The highest BCUT2D eigenvalue weighted by molar-refractivity contribution is 5.75. The fraction of sp³-hybridized carbons (Fsp3) is 0.500. The van der Waals surface area contributed by atoms with E-state index in [0.29, 0.717) is 11.5 Å². The van der Waals surface area contributed by atoms with Gasteiger partial charge in [0.2, 0.25) is 5.75 Å². The van der Waals surface area contributed by atoms with Crippen LogP contribution in [0.3, 0.4) is 0 Å². The Bertz CT molecular complexity index is 326. The Morgan fingerprint density at radius 2 is 1.56 bits per heavy atom. The van der Waals surface area contributed by atoms with Gasteiger partial charge < -0.3 is 14.2 Å². The summed E-state index contributed by atoms with van der Waals surface area (Å²) in [6.45, 7) is 2.14. The molecule has 4 heteroatoms. The van der Waals surface area contributed by atoms with E-state index < -0.39 is 0 Å². The zero-order valence-electron chi connectivity index (χ0n) is 10.3. The molecular weight excluding hydrogens is 220 g/mol. The van der Waals surface area contributed by atoms with Gasteiger partial charge in [-0.25, -0.2) is 0 Å². The van der Waals surface area contributed by atoms with Crippen molar-refractivity contribution in [2.45, 2.75) is 19.8 Å². The Labute approximate surface area is 102 Å². The standard InChI is InChI=1S/C12H18O3.Si/c1-5-6-9-7-8-10(13-2)12(15-4)11(9)14-3;/h7-8H,5-6H2,1-4H3;. The van der Waals surface area contributed by atoms with Crippen molar-refractivity contribution in [1.82, 2.24) is 0 Å². The van der Waals surface area contributed by atoms with Gasteiger partial charge in [-0.1, -0.05) is 19.4 Å². The van der Waals surface area contributed by atoms with Crippen LogP contribution in [0.5, 0.6) is 17.2 Å². The topological polar surface area (TPSA) is 27.7 Å². The second-order valence-electron chi connectivity index (χ2n) is 3.24. The van der Waals surface area contributed by atoms with E-state index in [4.69, 9.17) is 14.2 Å². The predicted octanol–water partition coefficient (Wildman–Crippen LogP) is 2.28. The second-order valence-corrected chi connectivity index (χ2v) is 3.24. The molecule has 16 heavy (non-hydrogen) atoms. The number of hydrogen-bond donors (Lipinski definition) is 0. The molecule has 0 heterocycles. The minimum absolute atomic E-state index is 0. The van der Waals surface area contributed by atoms with E-state index >= 15 is 0 Å². The third kappa shape index (κ3) is 2.92. The third-order valence-electron chi connectivity index (χ3n) is 2.31. The molecule has 0 aliphatic heterocycles. The van der Waals surface area contributed by atoms with Gasteiger partial charge in [0.25, 0.3) is 0 Å². The molecule has 0 aliphatic carbocycles. The number of rotatable bonds is 5. The van der Waals surface area contributed by atoms with Crippen molar-refractivity contribution in [2.75, 3.05) is 21.3 Å². The molecule has 0 unspecified atom stereocenters. The predicted molar refractivity (Wildman–Crippen MR) is 65.8 cm³/mol. The van der Waals surface area contributed by atoms with E-state index in [9.17, 15) is 0 Å². The quantitative estimate of drug-likeness (QED) is 0.737. The fourth-order valence-electron chi connectivity index (χ4n) is 1.63. The summed E-state index contributed by atoms with van der Waals surface area (Å²) >= 11 is 0. The van der Waals surface area contributed by atoms with Crippen LogP contribution in [0, 0.1) is 0 Å². The van der Waals surface area contributed by atoms with Crippen LogP contribution in [0.4, 0.5) is 0 Å². The molecule has 88 valence electrons. The number of aryl methyl sites for hydroxylation is 1. The van der Waals surface area contributed by atoms with Crippen LogP contribution >= 0.6 is 0 Å². The van der Waals surface area contributed by atoms with Gasteiger partial charge >= 0.3 is 0 Å². The summed E-state index contributed by atoms with van der Waals surface area (Å²) in [6.07, 6.45) is 2.05. The first kappa shape index (κ1) is 14.8. The molecule has 4 radical (unpaired) electrons. The maximum Gasteiger partial charge on any atom is 0.203 e. The summed E-state index contributed by atoms with van der Waals surface area (Å²) in [5, 5.41) is 0. The van der Waals surface area contributed by atoms with E-state index in [1.54, 1.807) is 21.3 Å². The van der Waals surface area contributed by atoms with Gasteiger partial charge in [0, 0.05) is 11.0 Å². The molecule has 0 saturated heterocycles.